The van der Waals surface area contributed by atoms with Gasteiger partial charge in [0, 0.05) is 18.9 Å². The molecule has 0 fully saturated rings. The van der Waals surface area contributed by atoms with Gasteiger partial charge in [-0.1, -0.05) is 18.2 Å². The Morgan fingerprint density at radius 3 is 2.39 bits per heavy atom. The zero-order chi connectivity index (χ0) is 13.3. The zero-order valence-electron chi connectivity index (χ0n) is 10.8. The number of anilines is 2. The number of nitrogens with zero attached hydrogens (tertiary/aromatic N) is 1. The predicted octanol–water partition coefficient (Wildman–Crippen LogP) is 2.48. The number of aryl methyl sites for hydroxylation is 3. The van der Waals surface area contributed by atoms with E-state index in [0.29, 0.717) is 11.4 Å². The molecule has 2 aromatic rings. The number of nitrogen functional groups attached to an aromatic ring is 1. The highest BCUT2D eigenvalue weighted by Gasteiger charge is 2.13. The third kappa shape index (κ3) is 2.22. The van der Waals surface area contributed by atoms with E-state index in [9.17, 15) is 4.79 Å². The summed E-state index contributed by atoms with van der Waals surface area (Å²) in [5.41, 5.74) is 9.76. The molecule has 0 aliphatic heterocycles. The number of nitrogens with two attached hydrogens (primary N) is 1. The van der Waals surface area contributed by atoms with Crippen molar-refractivity contribution in [2.24, 2.45) is 7.05 Å². The average Bonchev–Trinajstić information content (AvgIpc) is 2.63. The lowest BCUT2D eigenvalue weighted by Crippen LogP contribution is -2.16. The van der Waals surface area contributed by atoms with Crippen molar-refractivity contribution in [1.29, 1.82) is 0 Å². The second-order valence-corrected chi connectivity index (χ2v) is 4.49. The fourth-order valence-electron chi connectivity index (χ4n) is 2.01. The molecular formula is C14H17N3O. The van der Waals surface area contributed by atoms with Crippen molar-refractivity contribution in [2.75, 3.05) is 11.1 Å². The fourth-order valence-corrected chi connectivity index (χ4v) is 2.01. The Balaban J connectivity index is 2.30. The van der Waals surface area contributed by atoms with Gasteiger partial charge in [0.15, 0.2) is 0 Å². The van der Waals surface area contributed by atoms with Gasteiger partial charge in [-0.15, -0.1) is 0 Å². The van der Waals surface area contributed by atoms with Crippen LogP contribution in [0.25, 0.3) is 0 Å². The minimum Gasteiger partial charge on any atom is -0.397 e. The maximum absolute atomic E-state index is 12.2. The normalized spacial score (nSPS) is 10.4. The van der Waals surface area contributed by atoms with Gasteiger partial charge < -0.3 is 15.6 Å². The molecule has 0 bridgehead atoms. The largest absolute Gasteiger partial charge is 0.397 e. The Hall–Kier alpha value is -2.23. The van der Waals surface area contributed by atoms with Crippen LogP contribution in [-0.4, -0.2) is 10.5 Å². The SMILES string of the molecule is Cc1cccc(C)c1NC(=O)c1cc(N)cn1C. The molecule has 1 aromatic carbocycles. The number of aromatic nitrogens is 1. The summed E-state index contributed by atoms with van der Waals surface area (Å²) in [5.74, 6) is -0.147. The first-order chi connectivity index (χ1) is 8.49. The molecule has 0 aliphatic rings. The van der Waals surface area contributed by atoms with Crippen LogP contribution in [0.2, 0.25) is 0 Å². The minimum atomic E-state index is -0.147. The summed E-state index contributed by atoms with van der Waals surface area (Å²) in [6.07, 6.45) is 1.72. The summed E-state index contributed by atoms with van der Waals surface area (Å²) < 4.78 is 1.72. The molecule has 1 heterocycles. The van der Waals surface area contributed by atoms with E-state index in [0.717, 1.165) is 16.8 Å². The molecule has 0 spiro atoms. The summed E-state index contributed by atoms with van der Waals surface area (Å²) in [6.45, 7) is 3.95. The van der Waals surface area contributed by atoms with E-state index in [4.69, 9.17) is 5.73 Å². The lowest BCUT2D eigenvalue weighted by atomic mass is 10.1. The molecule has 0 radical (unpaired) electrons. The smallest absolute Gasteiger partial charge is 0.272 e. The Morgan fingerprint density at radius 2 is 1.89 bits per heavy atom. The van der Waals surface area contributed by atoms with E-state index >= 15 is 0 Å². The van der Waals surface area contributed by atoms with Gasteiger partial charge in [-0.05, 0) is 31.0 Å². The van der Waals surface area contributed by atoms with Gasteiger partial charge in [0.25, 0.3) is 5.91 Å². The number of rotatable bonds is 2. The lowest BCUT2D eigenvalue weighted by molar-refractivity contribution is 0.101. The van der Waals surface area contributed by atoms with Crippen LogP contribution in [0.4, 0.5) is 11.4 Å². The molecule has 0 aliphatic carbocycles. The standard InChI is InChI=1S/C14H17N3O/c1-9-5-4-6-10(2)13(9)16-14(18)12-7-11(15)8-17(12)3/h4-8H,15H2,1-3H3,(H,16,18). The molecule has 1 amide bonds. The summed E-state index contributed by atoms with van der Waals surface area (Å²) in [4.78, 5) is 12.2. The second-order valence-electron chi connectivity index (χ2n) is 4.49. The number of hydrogen-bond donors (Lipinski definition) is 2. The van der Waals surface area contributed by atoms with E-state index in [1.807, 2.05) is 32.0 Å². The Labute approximate surface area is 106 Å². The molecule has 4 heteroatoms. The quantitative estimate of drug-likeness (QED) is 0.851. The van der Waals surface area contributed by atoms with Crippen LogP contribution in [0, 0.1) is 13.8 Å². The Bertz CT molecular complexity index is 579. The molecule has 94 valence electrons. The molecule has 1 aromatic heterocycles. The van der Waals surface area contributed by atoms with Gasteiger partial charge in [0.05, 0.1) is 5.69 Å². The van der Waals surface area contributed by atoms with Crippen molar-refractivity contribution in [3.05, 3.63) is 47.3 Å². The minimum absolute atomic E-state index is 0.147. The zero-order valence-corrected chi connectivity index (χ0v) is 10.8. The lowest BCUT2D eigenvalue weighted by Gasteiger charge is -2.11. The summed E-state index contributed by atoms with van der Waals surface area (Å²) in [7, 11) is 1.80. The maximum atomic E-state index is 12.2. The van der Waals surface area contributed by atoms with E-state index < -0.39 is 0 Å². The van der Waals surface area contributed by atoms with Crippen molar-refractivity contribution in [1.82, 2.24) is 4.57 Å². The van der Waals surface area contributed by atoms with Crippen LogP contribution in [0.1, 0.15) is 21.6 Å². The van der Waals surface area contributed by atoms with Crippen LogP contribution in [-0.2, 0) is 7.05 Å². The number of carbonyl (C=O) groups is 1. The van der Waals surface area contributed by atoms with E-state index in [1.54, 1.807) is 23.9 Å². The second kappa shape index (κ2) is 4.56. The summed E-state index contributed by atoms with van der Waals surface area (Å²) in [6, 6.07) is 7.59. The highest BCUT2D eigenvalue weighted by Crippen LogP contribution is 2.20. The highest BCUT2D eigenvalue weighted by molar-refractivity contribution is 6.04. The van der Waals surface area contributed by atoms with Crippen LogP contribution in [0.3, 0.4) is 0 Å². The Morgan fingerprint density at radius 1 is 1.28 bits per heavy atom. The molecule has 0 unspecified atom stereocenters. The molecule has 3 N–H and O–H groups in total. The number of carbonyl (C=O) groups excluding carboxylic acids is 1. The maximum Gasteiger partial charge on any atom is 0.272 e. The number of benzene rings is 1. The topological polar surface area (TPSA) is 60.1 Å². The van der Waals surface area contributed by atoms with Gasteiger partial charge in [0.2, 0.25) is 0 Å². The van der Waals surface area contributed by atoms with Crippen molar-refractivity contribution in [3.63, 3.8) is 0 Å². The molecule has 4 nitrogen and oxygen atoms in total. The first kappa shape index (κ1) is 12.2. The third-order valence-electron chi connectivity index (χ3n) is 2.98. The first-order valence-electron chi connectivity index (χ1n) is 5.78. The molecule has 18 heavy (non-hydrogen) atoms. The van der Waals surface area contributed by atoms with Crippen molar-refractivity contribution >= 4 is 17.3 Å². The van der Waals surface area contributed by atoms with Crippen LogP contribution >= 0.6 is 0 Å². The molecule has 0 saturated heterocycles. The van der Waals surface area contributed by atoms with Gasteiger partial charge in [0.1, 0.15) is 5.69 Å². The van der Waals surface area contributed by atoms with E-state index in [1.165, 1.54) is 0 Å². The summed E-state index contributed by atoms with van der Waals surface area (Å²) >= 11 is 0. The number of hydrogen-bond acceptors (Lipinski definition) is 2. The predicted molar refractivity (Wildman–Crippen MR) is 73.7 cm³/mol. The van der Waals surface area contributed by atoms with Gasteiger partial charge in [-0.3, -0.25) is 4.79 Å². The fraction of sp³-hybridized carbons (Fsp3) is 0.214. The van der Waals surface area contributed by atoms with Crippen LogP contribution in [0.5, 0.6) is 0 Å². The van der Waals surface area contributed by atoms with Crippen LogP contribution in [0.15, 0.2) is 30.5 Å². The molecule has 0 atom stereocenters. The third-order valence-corrected chi connectivity index (χ3v) is 2.98. The van der Waals surface area contributed by atoms with E-state index in [-0.39, 0.29) is 5.91 Å². The highest BCUT2D eigenvalue weighted by atomic mass is 16.1. The first-order valence-corrected chi connectivity index (χ1v) is 5.78. The van der Waals surface area contributed by atoms with Gasteiger partial charge in [-0.25, -0.2) is 0 Å². The molecule has 2 rings (SSSR count). The van der Waals surface area contributed by atoms with Gasteiger partial charge in [-0.2, -0.15) is 0 Å². The van der Waals surface area contributed by atoms with Crippen molar-refractivity contribution in [2.45, 2.75) is 13.8 Å². The van der Waals surface area contributed by atoms with Gasteiger partial charge >= 0.3 is 0 Å². The Kier molecular flexibility index (Phi) is 3.10. The van der Waals surface area contributed by atoms with E-state index in [2.05, 4.69) is 5.32 Å². The number of nitrogens with one attached hydrogen (secondary N) is 1. The van der Waals surface area contributed by atoms with Crippen molar-refractivity contribution in [3.8, 4) is 0 Å². The number of para-hydroxylation sites is 1. The summed E-state index contributed by atoms with van der Waals surface area (Å²) in [5, 5.41) is 2.93. The monoisotopic (exact) mass is 243 g/mol. The molecular weight excluding hydrogens is 226 g/mol. The average molecular weight is 243 g/mol. The number of amides is 1. The molecule has 0 saturated carbocycles. The van der Waals surface area contributed by atoms with Crippen LogP contribution < -0.4 is 11.1 Å². The van der Waals surface area contributed by atoms with Crippen molar-refractivity contribution < 1.29 is 4.79 Å².